The maximum atomic E-state index is 11.1. The van der Waals surface area contributed by atoms with E-state index in [0.717, 1.165) is 31.6 Å². The zero-order valence-corrected chi connectivity index (χ0v) is 13.9. The minimum absolute atomic E-state index is 0.482. The number of rotatable bonds is 12. The van der Waals surface area contributed by atoms with Crippen molar-refractivity contribution in [3.63, 3.8) is 0 Å². The van der Waals surface area contributed by atoms with E-state index < -0.39 is 5.97 Å². The Hall–Kier alpha value is -0.990. The molecule has 0 unspecified atom stereocenters. The van der Waals surface area contributed by atoms with Crippen LogP contribution < -0.4 is 0 Å². The van der Waals surface area contributed by atoms with Gasteiger partial charge in [0.25, 0.3) is 0 Å². The topological polar surface area (TPSA) is 40.5 Å². The number of carboxylic acids is 1. The number of carbonyl (C=O) groups is 1. The Morgan fingerprint density at radius 3 is 1.65 bits per heavy atom. The van der Waals surface area contributed by atoms with Gasteiger partial charge in [-0.05, 0) is 26.7 Å². The SMILES string of the molecule is CCCCCCN(CCCCCC)/C(C)=C(\C)C(=O)O. The molecule has 0 aromatic rings. The van der Waals surface area contributed by atoms with Crippen molar-refractivity contribution in [3.05, 3.63) is 11.3 Å². The molecule has 0 aliphatic rings. The lowest BCUT2D eigenvalue weighted by molar-refractivity contribution is -0.132. The van der Waals surface area contributed by atoms with Crippen LogP contribution in [0.3, 0.4) is 0 Å². The summed E-state index contributed by atoms with van der Waals surface area (Å²) in [5.41, 5.74) is 1.42. The normalized spacial score (nSPS) is 12.2. The number of allylic oxidation sites excluding steroid dienone is 1. The smallest absolute Gasteiger partial charge is 0.333 e. The van der Waals surface area contributed by atoms with Crippen LogP contribution in [0.2, 0.25) is 0 Å². The molecule has 0 aromatic carbocycles. The number of aliphatic carboxylic acids is 1. The van der Waals surface area contributed by atoms with Gasteiger partial charge in [0, 0.05) is 18.8 Å². The molecule has 0 aliphatic heterocycles. The van der Waals surface area contributed by atoms with Crippen molar-refractivity contribution in [1.29, 1.82) is 0 Å². The van der Waals surface area contributed by atoms with E-state index in [1.54, 1.807) is 6.92 Å². The molecule has 0 bridgehead atoms. The molecule has 3 nitrogen and oxygen atoms in total. The third-order valence-corrected chi connectivity index (χ3v) is 3.90. The highest BCUT2D eigenvalue weighted by atomic mass is 16.4. The Bertz CT molecular complexity index is 285. The maximum absolute atomic E-state index is 11.1. The summed E-state index contributed by atoms with van der Waals surface area (Å²) in [7, 11) is 0. The molecular formula is C17H33NO2. The first-order chi connectivity index (χ1) is 9.54. The molecule has 118 valence electrons. The number of carboxylic acid groups (broad SMARTS) is 1. The molecule has 0 aromatic heterocycles. The van der Waals surface area contributed by atoms with Gasteiger partial charge in [0.1, 0.15) is 0 Å². The van der Waals surface area contributed by atoms with Crippen LogP contribution in [0.1, 0.15) is 79.1 Å². The van der Waals surface area contributed by atoms with Crippen molar-refractivity contribution < 1.29 is 9.90 Å². The summed E-state index contributed by atoms with van der Waals surface area (Å²) in [5.74, 6) is -0.797. The van der Waals surface area contributed by atoms with Gasteiger partial charge in [-0.25, -0.2) is 4.79 Å². The molecule has 0 heterocycles. The molecule has 0 atom stereocenters. The van der Waals surface area contributed by atoms with Crippen molar-refractivity contribution in [2.45, 2.75) is 79.1 Å². The van der Waals surface area contributed by atoms with Crippen LogP contribution in [0, 0.1) is 0 Å². The summed E-state index contributed by atoms with van der Waals surface area (Å²) in [4.78, 5) is 13.4. The van der Waals surface area contributed by atoms with Gasteiger partial charge in [-0.15, -0.1) is 0 Å². The maximum Gasteiger partial charge on any atom is 0.333 e. The van der Waals surface area contributed by atoms with Crippen LogP contribution in [0.15, 0.2) is 11.3 Å². The minimum Gasteiger partial charge on any atom is -0.478 e. The fourth-order valence-electron chi connectivity index (χ4n) is 2.30. The van der Waals surface area contributed by atoms with E-state index in [9.17, 15) is 4.79 Å². The second kappa shape index (κ2) is 11.8. The van der Waals surface area contributed by atoms with Gasteiger partial charge in [0.2, 0.25) is 0 Å². The average Bonchev–Trinajstić information content (AvgIpc) is 2.44. The second-order valence-corrected chi connectivity index (χ2v) is 5.62. The van der Waals surface area contributed by atoms with E-state index in [0.29, 0.717) is 5.57 Å². The predicted octanol–water partition coefficient (Wildman–Crippen LogP) is 4.83. The zero-order valence-electron chi connectivity index (χ0n) is 13.9. The fraction of sp³-hybridized carbons (Fsp3) is 0.824. The van der Waals surface area contributed by atoms with Gasteiger partial charge in [-0.3, -0.25) is 0 Å². The molecule has 0 amide bonds. The van der Waals surface area contributed by atoms with Crippen molar-refractivity contribution in [2.75, 3.05) is 13.1 Å². The van der Waals surface area contributed by atoms with Crippen LogP contribution in [0.5, 0.6) is 0 Å². The number of unbranched alkanes of at least 4 members (excludes halogenated alkanes) is 6. The third-order valence-electron chi connectivity index (χ3n) is 3.90. The predicted molar refractivity (Wildman–Crippen MR) is 85.9 cm³/mol. The molecule has 20 heavy (non-hydrogen) atoms. The van der Waals surface area contributed by atoms with Gasteiger partial charge in [-0.1, -0.05) is 52.4 Å². The van der Waals surface area contributed by atoms with Crippen molar-refractivity contribution in [2.24, 2.45) is 0 Å². The van der Waals surface area contributed by atoms with Crippen molar-refractivity contribution in [3.8, 4) is 0 Å². The summed E-state index contributed by atoms with van der Waals surface area (Å²) in [5, 5.41) is 9.14. The summed E-state index contributed by atoms with van der Waals surface area (Å²) in [6, 6.07) is 0. The second-order valence-electron chi connectivity index (χ2n) is 5.62. The van der Waals surface area contributed by atoms with Gasteiger partial charge >= 0.3 is 5.97 Å². The van der Waals surface area contributed by atoms with Crippen LogP contribution in [-0.4, -0.2) is 29.1 Å². The van der Waals surface area contributed by atoms with Gasteiger partial charge in [0.15, 0.2) is 0 Å². The van der Waals surface area contributed by atoms with Gasteiger partial charge < -0.3 is 10.0 Å². The van der Waals surface area contributed by atoms with E-state index in [4.69, 9.17) is 5.11 Å². The Labute approximate surface area is 125 Å². The number of hydrogen-bond acceptors (Lipinski definition) is 2. The summed E-state index contributed by atoms with van der Waals surface area (Å²) >= 11 is 0. The lowest BCUT2D eigenvalue weighted by Gasteiger charge is -2.26. The average molecular weight is 283 g/mol. The molecule has 3 heteroatoms. The first kappa shape index (κ1) is 19.0. The summed E-state index contributed by atoms with van der Waals surface area (Å²) in [6.45, 7) is 10.1. The van der Waals surface area contributed by atoms with E-state index >= 15 is 0 Å². The number of hydrogen-bond donors (Lipinski definition) is 1. The zero-order chi connectivity index (χ0) is 15.4. The van der Waals surface area contributed by atoms with Gasteiger partial charge in [-0.2, -0.15) is 0 Å². The lowest BCUT2D eigenvalue weighted by atomic mass is 10.1. The molecule has 0 spiro atoms. The first-order valence-corrected chi connectivity index (χ1v) is 8.20. The standard InChI is InChI=1S/C17H33NO2/c1-5-7-9-11-13-18(14-12-10-8-6-2)16(4)15(3)17(19)20/h5-14H2,1-4H3,(H,19,20)/b16-15+. The molecule has 0 rings (SSSR count). The highest BCUT2D eigenvalue weighted by Crippen LogP contribution is 2.14. The third kappa shape index (κ3) is 8.23. The van der Waals surface area contributed by atoms with E-state index in [1.807, 2.05) is 6.92 Å². The largest absolute Gasteiger partial charge is 0.478 e. The molecule has 0 saturated carbocycles. The monoisotopic (exact) mass is 283 g/mol. The first-order valence-electron chi connectivity index (χ1n) is 8.20. The Kier molecular flexibility index (Phi) is 11.2. The quantitative estimate of drug-likeness (QED) is 0.412. The van der Waals surface area contributed by atoms with Crippen LogP contribution in [0.25, 0.3) is 0 Å². The van der Waals surface area contributed by atoms with E-state index in [2.05, 4.69) is 18.7 Å². The highest BCUT2D eigenvalue weighted by Gasteiger charge is 2.12. The lowest BCUT2D eigenvalue weighted by Crippen LogP contribution is -2.26. The molecule has 0 aliphatic carbocycles. The van der Waals surface area contributed by atoms with E-state index in [-0.39, 0.29) is 0 Å². The highest BCUT2D eigenvalue weighted by molar-refractivity contribution is 5.86. The number of nitrogens with zero attached hydrogens (tertiary/aromatic N) is 1. The van der Waals surface area contributed by atoms with E-state index in [1.165, 1.54) is 38.5 Å². The minimum atomic E-state index is -0.797. The van der Waals surface area contributed by atoms with Crippen LogP contribution in [0.4, 0.5) is 0 Å². The molecule has 0 fully saturated rings. The molecule has 0 saturated heterocycles. The van der Waals surface area contributed by atoms with Crippen molar-refractivity contribution >= 4 is 5.97 Å². The molecule has 1 N–H and O–H groups in total. The summed E-state index contributed by atoms with van der Waals surface area (Å²) < 4.78 is 0. The Morgan fingerprint density at radius 2 is 1.30 bits per heavy atom. The molecular weight excluding hydrogens is 250 g/mol. The van der Waals surface area contributed by atoms with Crippen molar-refractivity contribution in [1.82, 2.24) is 4.90 Å². The fourth-order valence-corrected chi connectivity index (χ4v) is 2.30. The Balaban J connectivity index is 4.44. The molecule has 0 radical (unpaired) electrons. The van der Waals surface area contributed by atoms with Crippen LogP contribution >= 0.6 is 0 Å². The summed E-state index contributed by atoms with van der Waals surface area (Å²) in [6.07, 6.45) is 9.80. The van der Waals surface area contributed by atoms with Crippen LogP contribution in [-0.2, 0) is 4.79 Å². The Morgan fingerprint density at radius 1 is 0.850 bits per heavy atom. The van der Waals surface area contributed by atoms with Gasteiger partial charge in [0.05, 0.1) is 5.57 Å².